The number of methoxy groups -OCH3 is 1. The van der Waals surface area contributed by atoms with Gasteiger partial charge in [0.2, 0.25) is 0 Å². The summed E-state index contributed by atoms with van der Waals surface area (Å²) in [5.74, 6) is 0. The summed E-state index contributed by atoms with van der Waals surface area (Å²) in [5.41, 5.74) is 0.0417. The zero-order valence-corrected chi connectivity index (χ0v) is 11.9. The van der Waals surface area contributed by atoms with Crippen molar-refractivity contribution in [1.29, 1.82) is 0 Å². The highest BCUT2D eigenvalue weighted by molar-refractivity contribution is 4.55. The molecule has 0 atom stereocenters. The van der Waals surface area contributed by atoms with Crippen LogP contribution >= 0.6 is 0 Å². The highest BCUT2D eigenvalue weighted by Gasteiger charge is 2.03. The van der Waals surface area contributed by atoms with Gasteiger partial charge in [0.05, 0.1) is 5.60 Å². The summed E-state index contributed by atoms with van der Waals surface area (Å²) in [6.45, 7) is 10.6. The third-order valence-corrected chi connectivity index (χ3v) is 1.82. The SMILES string of the molecule is CCCCCCC.CO.COC(C)(C)C. The number of hydrogen-bond donors (Lipinski definition) is 1. The van der Waals surface area contributed by atoms with Gasteiger partial charge >= 0.3 is 0 Å². The lowest BCUT2D eigenvalue weighted by molar-refractivity contribution is 0.0397. The monoisotopic (exact) mass is 220 g/mol. The van der Waals surface area contributed by atoms with Gasteiger partial charge in [-0.1, -0.05) is 46.0 Å². The smallest absolute Gasteiger partial charge is 0.0594 e. The number of rotatable bonds is 4. The van der Waals surface area contributed by atoms with E-state index in [1.165, 1.54) is 32.1 Å². The molecule has 0 unspecified atom stereocenters. The summed E-state index contributed by atoms with van der Waals surface area (Å²) in [5, 5.41) is 7.00. The first kappa shape index (κ1) is 20.3. The predicted octanol–water partition coefficient (Wildman–Crippen LogP) is 4.02. The first-order chi connectivity index (χ1) is 6.97. The standard InChI is InChI=1S/C7H16.C5H12O.CH4O/c1-3-5-7-6-4-2;1-5(2,3)6-4;1-2/h3-7H2,1-2H3;1-4H3;2H,1H3. The minimum atomic E-state index is 0.0417. The Morgan fingerprint density at radius 3 is 1.27 bits per heavy atom. The largest absolute Gasteiger partial charge is 0.400 e. The lowest BCUT2D eigenvalue weighted by Crippen LogP contribution is -2.15. The van der Waals surface area contributed by atoms with Crippen LogP contribution in [0.2, 0.25) is 0 Å². The Bertz CT molecular complexity index is 81.0. The van der Waals surface area contributed by atoms with Gasteiger partial charge in [0.15, 0.2) is 0 Å². The van der Waals surface area contributed by atoms with Crippen molar-refractivity contribution in [3.8, 4) is 0 Å². The third-order valence-electron chi connectivity index (χ3n) is 1.82. The first-order valence-electron chi connectivity index (χ1n) is 5.97. The van der Waals surface area contributed by atoms with Gasteiger partial charge in [-0.3, -0.25) is 0 Å². The molecule has 0 fully saturated rings. The summed E-state index contributed by atoms with van der Waals surface area (Å²) in [4.78, 5) is 0. The van der Waals surface area contributed by atoms with Crippen LogP contribution in [-0.4, -0.2) is 24.9 Å². The van der Waals surface area contributed by atoms with Crippen LogP contribution in [0.15, 0.2) is 0 Å². The molecule has 0 aliphatic rings. The van der Waals surface area contributed by atoms with Crippen LogP contribution in [0.4, 0.5) is 0 Å². The summed E-state index contributed by atoms with van der Waals surface area (Å²) >= 11 is 0. The van der Waals surface area contributed by atoms with Crippen molar-refractivity contribution in [2.75, 3.05) is 14.2 Å². The molecule has 1 N–H and O–H groups in total. The summed E-state index contributed by atoms with van der Waals surface area (Å²) < 4.78 is 4.94. The van der Waals surface area contributed by atoms with Crippen molar-refractivity contribution >= 4 is 0 Å². The number of hydrogen-bond acceptors (Lipinski definition) is 2. The second-order valence-corrected chi connectivity index (χ2v) is 4.38. The van der Waals surface area contributed by atoms with Crippen molar-refractivity contribution < 1.29 is 9.84 Å². The van der Waals surface area contributed by atoms with E-state index in [0.717, 1.165) is 7.11 Å². The normalized spacial score (nSPS) is 9.60. The zero-order valence-electron chi connectivity index (χ0n) is 11.9. The van der Waals surface area contributed by atoms with Gasteiger partial charge in [-0.15, -0.1) is 0 Å². The van der Waals surface area contributed by atoms with Crippen LogP contribution in [-0.2, 0) is 4.74 Å². The van der Waals surface area contributed by atoms with Gasteiger partial charge in [0.1, 0.15) is 0 Å². The van der Waals surface area contributed by atoms with E-state index in [1.807, 2.05) is 20.8 Å². The molecule has 0 aromatic heterocycles. The Hall–Kier alpha value is -0.0800. The summed E-state index contributed by atoms with van der Waals surface area (Å²) in [7, 11) is 2.71. The van der Waals surface area contributed by atoms with E-state index in [-0.39, 0.29) is 5.60 Å². The lowest BCUT2D eigenvalue weighted by Gasteiger charge is -2.14. The Morgan fingerprint density at radius 2 is 1.13 bits per heavy atom. The van der Waals surface area contributed by atoms with Crippen LogP contribution in [0.5, 0.6) is 0 Å². The molecule has 2 heteroatoms. The molecule has 0 amide bonds. The van der Waals surface area contributed by atoms with E-state index in [2.05, 4.69) is 13.8 Å². The summed E-state index contributed by atoms with van der Waals surface area (Å²) in [6, 6.07) is 0. The fourth-order valence-corrected chi connectivity index (χ4v) is 0.677. The van der Waals surface area contributed by atoms with E-state index in [4.69, 9.17) is 9.84 Å². The van der Waals surface area contributed by atoms with Gasteiger partial charge in [0.25, 0.3) is 0 Å². The van der Waals surface area contributed by atoms with Crippen LogP contribution in [0.25, 0.3) is 0 Å². The van der Waals surface area contributed by atoms with Crippen LogP contribution in [0.1, 0.15) is 66.7 Å². The molecule has 15 heavy (non-hydrogen) atoms. The molecule has 0 saturated heterocycles. The van der Waals surface area contributed by atoms with Crippen molar-refractivity contribution in [2.45, 2.75) is 72.3 Å². The highest BCUT2D eigenvalue weighted by Crippen LogP contribution is 2.02. The van der Waals surface area contributed by atoms with Crippen molar-refractivity contribution in [2.24, 2.45) is 0 Å². The van der Waals surface area contributed by atoms with Crippen molar-refractivity contribution in [3.63, 3.8) is 0 Å². The molecular formula is C13H32O2. The van der Waals surface area contributed by atoms with Gasteiger partial charge in [0, 0.05) is 14.2 Å². The Labute approximate surface area is 97.0 Å². The van der Waals surface area contributed by atoms with E-state index < -0.39 is 0 Å². The quantitative estimate of drug-likeness (QED) is 0.725. The second-order valence-electron chi connectivity index (χ2n) is 4.38. The van der Waals surface area contributed by atoms with Gasteiger partial charge < -0.3 is 9.84 Å². The Balaban J connectivity index is -0.000000166. The van der Waals surface area contributed by atoms with E-state index in [0.29, 0.717) is 0 Å². The third kappa shape index (κ3) is 41.3. The molecular weight excluding hydrogens is 188 g/mol. The topological polar surface area (TPSA) is 29.5 Å². The zero-order chi connectivity index (χ0) is 12.7. The second kappa shape index (κ2) is 16.4. The van der Waals surface area contributed by atoms with Gasteiger partial charge in [-0.25, -0.2) is 0 Å². The van der Waals surface area contributed by atoms with Crippen molar-refractivity contribution in [1.82, 2.24) is 0 Å². The summed E-state index contributed by atoms with van der Waals surface area (Å²) in [6.07, 6.45) is 7.01. The minimum Gasteiger partial charge on any atom is -0.400 e. The molecule has 0 heterocycles. The van der Waals surface area contributed by atoms with Gasteiger partial charge in [-0.2, -0.15) is 0 Å². The minimum absolute atomic E-state index is 0.0417. The van der Waals surface area contributed by atoms with Crippen LogP contribution in [0, 0.1) is 0 Å². The average molecular weight is 220 g/mol. The van der Waals surface area contributed by atoms with Crippen molar-refractivity contribution in [3.05, 3.63) is 0 Å². The van der Waals surface area contributed by atoms with Crippen LogP contribution in [0.3, 0.4) is 0 Å². The number of aliphatic hydroxyl groups excluding tert-OH is 1. The van der Waals surface area contributed by atoms with E-state index in [1.54, 1.807) is 7.11 Å². The lowest BCUT2D eigenvalue weighted by atomic mass is 10.2. The van der Waals surface area contributed by atoms with Crippen LogP contribution < -0.4 is 0 Å². The molecule has 0 spiro atoms. The number of unbranched alkanes of at least 4 members (excludes halogenated alkanes) is 4. The number of ether oxygens (including phenoxy) is 1. The molecule has 2 nitrogen and oxygen atoms in total. The molecule has 0 aromatic carbocycles. The highest BCUT2D eigenvalue weighted by atomic mass is 16.5. The molecule has 0 bridgehead atoms. The molecule has 0 aliphatic carbocycles. The fraction of sp³-hybridized carbons (Fsp3) is 1.00. The first-order valence-corrected chi connectivity index (χ1v) is 5.97. The molecule has 0 aromatic rings. The maximum absolute atomic E-state index is 7.00. The molecule has 0 aliphatic heterocycles. The molecule has 0 rings (SSSR count). The molecule has 0 radical (unpaired) electrons. The van der Waals surface area contributed by atoms with Gasteiger partial charge in [-0.05, 0) is 20.8 Å². The maximum Gasteiger partial charge on any atom is 0.0594 e. The Kier molecular flexibility index (Phi) is 22.2. The van der Waals surface area contributed by atoms with E-state index in [9.17, 15) is 0 Å². The number of aliphatic hydroxyl groups is 1. The average Bonchev–Trinajstić information content (AvgIpc) is 2.22. The molecule has 96 valence electrons. The molecule has 0 saturated carbocycles. The fourth-order valence-electron chi connectivity index (χ4n) is 0.677. The van der Waals surface area contributed by atoms with E-state index >= 15 is 0 Å². The predicted molar refractivity (Wildman–Crippen MR) is 69.3 cm³/mol. The Morgan fingerprint density at radius 1 is 0.867 bits per heavy atom. The maximum atomic E-state index is 7.00.